The average Bonchev–Trinajstić information content (AvgIpc) is 3.32. The minimum Gasteiger partial charge on any atom is -0.487 e. The van der Waals surface area contributed by atoms with E-state index in [4.69, 9.17) is 9.47 Å². The maximum absolute atomic E-state index is 13.2. The van der Waals surface area contributed by atoms with Crippen molar-refractivity contribution in [1.82, 2.24) is 19.7 Å². The molecule has 1 fully saturated rings. The normalized spacial score (nSPS) is 15.1. The maximum Gasteiger partial charge on any atom is 0.416 e. The van der Waals surface area contributed by atoms with E-state index in [0.717, 1.165) is 30.0 Å². The number of likely N-dealkylation sites (tertiary alicyclic amines) is 1. The fraction of sp³-hybridized carbons (Fsp3) is 0.423. The summed E-state index contributed by atoms with van der Waals surface area (Å²) in [5.74, 6) is 0.364. The van der Waals surface area contributed by atoms with Crippen molar-refractivity contribution in [1.29, 1.82) is 0 Å². The first kappa shape index (κ1) is 25.5. The molecule has 2 aromatic heterocycles. The summed E-state index contributed by atoms with van der Waals surface area (Å²) in [4.78, 5) is 18.2. The van der Waals surface area contributed by atoms with E-state index in [-0.39, 0.29) is 24.3 Å². The molecular weight excluding hydrogens is 473 g/mol. The Morgan fingerprint density at radius 1 is 1.06 bits per heavy atom. The zero-order chi connectivity index (χ0) is 25.9. The molecule has 0 saturated carbocycles. The molecule has 1 amide bonds. The van der Waals surface area contributed by atoms with Crippen LogP contribution in [0.1, 0.15) is 50.8 Å². The molecule has 0 aliphatic carbocycles. The third-order valence-electron chi connectivity index (χ3n) is 5.86. The van der Waals surface area contributed by atoms with E-state index in [1.54, 1.807) is 29.4 Å². The molecule has 4 rings (SSSR count). The van der Waals surface area contributed by atoms with E-state index >= 15 is 0 Å². The van der Waals surface area contributed by atoms with E-state index in [1.165, 1.54) is 18.3 Å². The van der Waals surface area contributed by atoms with Crippen molar-refractivity contribution < 1.29 is 27.4 Å². The van der Waals surface area contributed by atoms with Crippen molar-refractivity contribution in [2.75, 3.05) is 13.1 Å². The van der Waals surface area contributed by atoms with Crippen LogP contribution in [0.2, 0.25) is 0 Å². The lowest BCUT2D eigenvalue weighted by Crippen LogP contribution is -2.42. The molecule has 36 heavy (non-hydrogen) atoms. The standard InChI is InChI=1S/C26H29F3N4O3/c1-25(2,3)36-24(34)32-10-8-21(9-11-32)33-16-20(14-31-33)19-12-22(15-30-13-19)35-17-18-6-4-5-7-23(18)26(27,28)29/h4-7,12-16,21H,8-11,17H2,1-3H3. The van der Waals surface area contributed by atoms with E-state index < -0.39 is 17.3 Å². The van der Waals surface area contributed by atoms with Gasteiger partial charge in [0.1, 0.15) is 18.0 Å². The molecule has 0 N–H and O–H groups in total. The van der Waals surface area contributed by atoms with Gasteiger partial charge in [-0.3, -0.25) is 9.67 Å². The Balaban J connectivity index is 1.38. The van der Waals surface area contributed by atoms with Gasteiger partial charge < -0.3 is 14.4 Å². The highest BCUT2D eigenvalue weighted by Crippen LogP contribution is 2.33. The van der Waals surface area contributed by atoms with Crippen LogP contribution in [-0.2, 0) is 17.5 Å². The number of carbonyl (C=O) groups is 1. The third-order valence-corrected chi connectivity index (χ3v) is 5.86. The first-order chi connectivity index (χ1) is 17.0. The summed E-state index contributed by atoms with van der Waals surface area (Å²) in [7, 11) is 0. The fourth-order valence-corrected chi connectivity index (χ4v) is 4.07. The number of ether oxygens (including phenoxy) is 2. The minimum absolute atomic E-state index is 0.0564. The Morgan fingerprint density at radius 3 is 2.47 bits per heavy atom. The molecule has 0 radical (unpaired) electrons. The lowest BCUT2D eigenvalue weighted by Gasteiger charge is -2.33. The predicted molar refractivity (Wildman–Crippen MR) is 127 cm³/mol. The number of hydrogen-bond acceptors (Lipinski definition) is 5. The van der Waals surface area contributed by atoms with Crippen LogP contribution >= 0.6 is 0 Å². The van der Waals surface area contributed by atoms with Gasteiger partial charge in [0, 0.05) is 42.2 Å². The van der Waals surface area contributed by atoms with E-state index in [1.807, 2.05) is 31.6 Å². The average molecular weight is 503 g/mol. The van der Waals surface area contributed by atoms with Crippen molar-refractivity contribution >= 4 is 6.09 Å². The molecule has 10 heteroatoms. The number of rotatable bonds is 5. The van der Waals surface area contributed by atoms with Crippen molar-refractivity contribution in [3.63, 3.8) is 0 Å². The smallest absolute Gasteiger partial charge is 0.416 e. The molecule has 0 atom stereocenters. The summed E-state index contributed by atoms with van der Waals surface area (Å²) in [6, 6.07) is 7.22. The summed E-state index contributed by atoms with van der Waals surface area (Å²) in [5, 5.41) is 4.50. The second kappa shape index (κ2) is 10.2. The summed E-state index contributed by atoms with van der Waals surface area (Å²) in [5.41, 5.74) is 0.375. The second-order valence-electron chi connectivity index (χ2n) is 9.76. The van der Waals surface area contributed by atoms with Crippen LogP contribution in [-0.4, -0.2) is 44.4 Å². The minimum atomic E-state index is -4.45. The van der Waals surface area contributed by atoms with Crippen LogP contribution in [0.4, 0.5) is 18.0 Å². The van der Waals surface area contributed by atoms with E-state index in [9.17, 15) is 18.0 Å². The Labute approximate surface area is 207 Å². The highest BCUT2D eigenvalue weighted by atomic mass is 19.4. The van der Waals surface area contributed by atoms with Gasteiger partial charge in [0.05, 0.1) is 24.0 Å². The fourth-order valence-electron chi connectivity index (χ4n) is 4.07. The van der Waals surface area contributed by atoms with Crippen LogP contribution in [0.15, 0.2) is 55.1 Å². The first-order valence-corrected chi connectivity index (χ1v) is 11.7. The summed E-state index contributed by atoms with van der Waals surface area (Å²) in [6.07, 6.45) is 3.51. The van der Waals surface area contributed by atoms with Crippen LogP contribution in [0.5, 0.6) is 5.75 Å². The van der Waals surface area contributed by atoms with Gasteiger partial charge in [-0.1, -0.05) is 18.2 Å². The topological polar surface area (TPSA) is 69.5 Å². The van der Waals surface area contributed by atoms with Gasteiger partial charge in [-0.25, -0.2) is 4.79 Å². The van der Waals surface area contributed by atoms with Gasteiger partial charge in [0.25, 0.3) is 0 Å². The molecule has 0 bridgehead atoms. The SMILES string of the molecule is CC(C)(C)OC(=O)N1CCC(n2cc(-c3cncc(OCc4ccccc4C(F)(F)F)c3)cn2)CC1. The number of alkyl halides is 3. The van der Waals surface area contributed by atoms with Crippen molar-refractivity contribution in [3.8, 4) is 16.9 Å². The number of nitrogens with zero attached hydrogens (tertiary/aromatic N) is 4. The number of pyridine rings is 1. The Kier molecular flexibility index (Phi) is 7.23. The Morgan fingerprint density at radius 2 is 1.78 bits per heavy atom. The molecule has 0 spiro atoms. The number of amides is 1. The highest BCUT2D eigenvalue weighted by Gasteiger charge is 2.33. The van der Waals surface area contributed by atoms with Gasteiger partial charge in [0.15, 0.2) is 0 Å². The highest BCUT2D eigenvalue weighted by molar-refractivity contribution is 5.68. The number of hydrogen-bond donors (Lipinski definition) is 0. The number of halogens is 3. The van der Waals surface area contributed by atoms with E-state index in [0.29, 0.717) is 18.8 Å². The number of aromatic nitrogens is 3. The second-order valence-corrected chi connectivity index (χ2v) is 9.76. The van der Waals surface area contributed by atoms with Crippen molar-refractivity contribution in [3.05, 3.63) is 66.2 Å². The Hall–Kier alpha value is -3.56. The van der Waals surface area contributed by atoms with Crippen LogP contribution in [0.3, 0.4) is 0 Å². The molecule has 192 valence electrons. The molecule has 1 saturated heterocycles. The third kappa shape index (κ3) is 6.35. The number of piperidine rings is 1. The predicted octanol–water partition coefficient (Wildman–Crippen LogP) is 6.11. The number of carbonyl (C=O) groups excluding carboxylic acids is 1. The lowest BCUT2D eigenvalue weighted by atomic mass is 10.1. The van der Waals surface area contributed by atoms with Gasteiger partial charge in [-0.05, 0) is 45.7 Å². The molecule has 0 unspecified atom stereocenters. The zero-order valence-electron chi connectivity index (χ0n) is 20.5. The Bertz CT molecular complexity index is 1200. The largest absolute Gasteiger partial charge is 0.487 e. The summed E-state index contributed by atoms with van der Waals surface area (Å²) in [6.45, 7) is 6.48. The van der Waals surface area contributed by atoms with Gasteiger partial charge in [-0.15, -0.1) is 0 Å². The lowest BCUT2D eigenvalue weighted by molar-refractivity contribution is -0.138. The summed E-state index contributed by atoms with van der Waals surface area (Å²) >= 11 is 0. The molecule has 1 aliphatic rings. The molecule has 1 aliphatic heterocycles. The maximum atomic E-state index is 13.2. The zero-order valence-corrected chi connectivity index (χ0v) is 20.5. The molecule has 1 aromatic carbocycles. The number of benzene rings is 1. The van der Waals surface area contributed by atoms with Gasteiger partial charge in [0.2, 0.25) is 0 Å². The van der Waals surface area contributed by atoms with Crippen LogP contribution < -0.4 is 4.74 Å². The monoisotopic (exact) mass is 502 g/mol. The molecule has 7 nitrogen and oxygen atoms in total. The molecular formula is C26H29F3N4O3. The molecule has 3 aromatic rings. The summed E-state index contributed by atoms with van der Waals surface area (Å²) < 4.78 is 52.7. The van der Waals surface area contributed by atoms with Gasteiger partial charge in [-0.2, -0.15) is 18.3 Å². The van der Waals surface area contributed by atoms with Crippen LogP contribution in [0.25, 0.3) is 11.1 Å². The molecule has 3 heterocycles. The quantitative estimate of drug-likeness (QED) is 0.421. The van der Waals surface area contributed by atoms with Crippen molar-refractivity contribution in [2.45, 2.75) is 58.0 Å². The first-order valence-electron chi connectivity index (χ1n) is 11.7. The van der Waals surface area contributed by atoms with Gasteiger partial charge >= 0.3 is 12.3 Å². The van der Waals surface area contributed by atoms with Crippen LogP contribution in [0, 0.1) is 0 Å². The van der Waals surface area contributed by atoms with E-state index in [2.05, 4.69) is 10.1 Å². The van der Waals surface area contributed by atoms with Crippen molar-refractivity contribution in [2.24, 2.45) is 0 Å².